The molecular formula is C59H70N8O10. The molecule has 2 saturated heterocycles. The van der Waals surface area contributed by atoms with E-state index in [1.807, 2.05) is 84.6 Å². The van der Waals surface area contributed by atoms with E-state index < -0.39 is 11.9 Å². The maximum Gasteiger partial charge on any atom is 0.272 e. The van der Waals surface area contributed by atoms with Crippen molar-refractivity contribution in [3.8, 4) is 11.3 Å². The zero-order valence-corrected chi connectivity index (χ0v) is 44.8. The minimum absolute atomic E-state index is 0.0179. The van der Waals surface area contributed by atoms with Gasteiger partial charge in [0.05, 0.1) is 64.1 Å². The number of carbonyl (C=O) groups excluding carboxylic acids is 5. The number of anilines is 2. The zero-order chi connectivity index (χ0) is 54.6. The molecule has 1 atom stereocenters. The van der Waals surface area contributed by atoms with Crippen molar-refractivity contribution in [3.05, 3.63) is 153 Å². The Labute approximate surface area is 449 Å². The smallest absolute Gasteiger partial charge is 0.272 e. The van der Waals surface area contributed by atoms with Gasteiger partial charge in [0.1, 0.15) is 11.7 Å². The predicted octanol–water partition coefficient (Wildman–Crippen LogP) is 6.06. The molecule has 1 aromatic heterocycles. The average Bonchev–Trinajstić information content (AvgIpc) is 3.68. The van der Waals surface area contributed by atoms with Gasteiger partial charge in [0.2, 0.25) is 11.8 Å². The third-order valence-electron chi connectivity index (χ3n) is 14.1. The van der Waals surface area contributed by atoms with Crippen LogP contribution in [-0.2, 0) is 47.4 Å². The van der Waals surface area contributed by atoms with Crippen LogP contribution >= 0.6 is 0 Å². The summed E-state index contributed by atoms with van der Waals surface area (Å²) in [6, 6.07) is 25.4. The lowest BCUT2D eigenvalue weighted by atomic mass is 9.86. The molecule has 3 N–H and O–H groups in total. The van der Waals surface area contributed by atoms with E-state index >= 15 is 0 Å². The van der Waals surface area contributed by atoms with Crippen LogP contribution in [0, 0.1) is 6.92 Å². The van der Waals surface area contributed by atoms with Crippen molar-refractivity contribution in [2.75, 3.05) is 103 Å². The molecule has 4 aromatic carbocycles. The summed E-state index contributed by atoms with van der Waals surface area (Å²) in [5.74, 6) is -1.39. The van der Waals surface area contributed by atoms with Crippen molar-refractivity contribution in [2.24, 2.45) is 7.05 Å². The second kappa shape index (κ2) is 25.7. The van der Waals surface area contributed by atoms with Crippen LogP contribution in [-0.4, -0.2) is 152 Å². The van der Waals surface area contributed by atoms with Gasteiger partial charge in [-0.2, -0.15) is 0 Å². The van der Waals surface area contributed by atoms with Crippen LogP contribution in [0.3, 0.4) is 0 Å². The first-order valence-electron chi connectivity index (χ1n) is 26.3. The maximum atomic E-state index is 13.5. The Balaban J connectivity index is 0.672. The van der Waals surface area contributed by atoms with Crippen LogP contribution < -0.4 is 21.5 Å². The highest BCUT2D eigenvalue weighted by Crippen LogP contribution is 2.39. The van der Waals surface area contributed by atoms with Gasteiger partial charge >= 0.3 is 0 Å². The van der Waals surface area contributed by atoms with E-state index in [-0.39, 0.29) is 53.9 Å². The summed E-state index contributed by atoms with van der Waals surface area (Å²) in [5.41, 5.74) is 8.40. The number of amides is 5. The highest BCUT2D eigenvalue weighted by molar-refractivity contribution is 6.15. The summed E-state index contributed by atoms with van der Waals surface area (Å²) < 4.78 is 24.3. The largest absolute Gasteiger partial charge is 0.382 e. The summed E-state index contributed by atoms with van der Waals surface area (Å²) >= 11 is 0. The average molecular weight is 1050 g/mol. The lowest BCUT2D eigenvalue weighted by molar-refractivity contribution is -0.136. The van der Waals surface area contributed by atoms with Crippen LogP contribution in [0.25, 0.3) is 17.0 Å². The van der Waals surface area contributed by atoms with E-state index in [1.54, 1.807) is 25.4 Å². The fourth-order valence-corrected chi connectivity index (χ4v) is 9.61. The first-order chi connectivity index (χ1) is 37.1. The highest BCUT2D eigenvalue weighted by atomic mass is 16.6. The van der Waals surface area contributed by atoms with Gasteiger partial charge in [-0.3, -0.25) is 43.9 Å². The molecule has 18 nitrogen and oxygen atoms in total. The van der Waals surface area contributed by atoms with E-state index in [0.717, 1.165) is 41.9 Å². The van der Waals surface area contributed by atoms with Gasteiger partial charge < -0.3 is 39.0 Å². The molecule has 0 bridgehead atoms. The van der Waals surface area contributed by atoms with Gasteiger partial charge in [-0.15, -0.1) is 0 Å². The first-order valence-corrected chi connectivity index (χ1v) is 26.3. The SMILES string of the molecule is C=C1c2cccc(NCCOCCOCCOCCOCCN3CCN(C(=O)c4ccc(Cc5nc(-c6cccc(NC(=O)c7ccc(C(C)(C)C)cc7)c6C)cn(C)c5=O)cc4)CC3)c2C(=O)N1C1CCC(=O)NC1=O. The van der Waals surface area contributed by atoms with Crippen molar-refractivity contribution in [3.63, 3.8) is 0 Å². The Kier molecular flexibility index (Phi) is 18.6. The summed E-state index contributed by atoms with van der Waals surface area (Å²) in [6.45, 7) is 19.8. The first kappa shape index (κ1) is 55.9. The van der Waals surface area contributed by atoms with Crippen LogP contribution in [0.5, 0.6) is 0 Å². The van der Waals surface area contributed by atoms with Gasteiger partial charge in [0, 0.05) is 105 Å². The summed E-state index contributed by atoms with van der Waals surface area (Å²) in [4.78, 5) is 88.0. The van der Waals surface area contributed by atoms with E-state index in [9.17, 15) is 28.8 Å². The van der Waals surface area contributed by atoms with Gasteiger partial charge in [0.25, 0.3) is 23.3 Å². The quantitative estimate of drug-likeness (QED) is 0.0504. The maximum absolute atomic E-state index is 13.5. The summed E-state index contributed by atoms with van der Waals surface area (Å²) in [5, 5.41) is 8.63. The van der Waals surface area contributed by atoms with Gasteiger partial charge in [0.15, 0.2) is 0 Å². The molecule has 3 aliphatic rings. The van der Waals surface area contributed by atoms with E-state index in [4.69, 9.17) is 23.9 Å². The van der Waals surface area contributed by atoms with Gasteiger partial charge in [-0.05, 0) is 71.8 Å². The summed E-state index contributed by atoms with van der Waals surface area (Å²) in [7, 11) is 1.71. The minimum Gasteiger partial charge on any atom is -0.382 e. The van der Waals surface area contributed by atoms with Crippen LogP contribution in [0.15, 0.2) is 102 Å². The number of nitrogens with one attached hydrogen (secondary N) is 3. The Hall–Kier alpha value is -7.35. The number of fused-ring (bicyclic) bond motifs is 1. The molecule has 5 amide bonds. The van der Waals surface area contributed by atoms with Crippen molar-refractivity contribution >= 4 is 46.6 Å². The number of nitrogens with zero attached hydrogens (tertiary/aromatic N) is 5. The number of aryl methyl sites for hydroxylation is 1. The molecule has 0 spiro atoms. The molecular weight excluding hydrogens is 981 g/mol. The Morgan fingerprint density at radius 2 is 1.36 bits per heavy atom. The highest BCUT2D eigenvalue weighted by Gasteiger charge is 2.42. The van der Waals surface area contributed by atoms with E-state index in [2.05, 4.69) is 48.2 Å². The fraction of sp³-hybridized carbons (Fsp3) is 0.407. The normalized spacial score (nSPS) is 15.9. The third-order valence-corrected chi connectivity index (χ3v) is 14.1. The lowest BCUT2D eigenvalue weighted by Crippen LogP contribution is -2.52. The second-order valence-corrected chi connectivity index (χ2v) is 20.4. The Morgan fingerprint density at radius 3 is 2.01 bits per heavy atom. The fourth-order valence-electron chi connectivity index (χ4n) is 9.61. The molecule has 3 aliphatic heterocycles. The van der Waals surface area contributed by atoms with E-state index in [1.165, 1.54) is 9.47 Å². The molecule has 0 aliphatic carbocycles. The molecule has 1 unspecified atom stereocenters. The molecule has 5 aromatic rings. The number of ether oxygens (including phenoxy) is 4. The Bertz CT molecular complexity index is 3010. The number of piperazine rings is 1. The van der Waals surface area contributed by atoms with E-state index in [0.29, 0.717) is 123 Å². The number of hydrogen-bond acceptors (Lipinski definition) is 13. The van der Waals surface area contributed by atoms with Crippen molar-refractivity contribution in [2.45, 2.75) is 58.4 Å². The van der Waals surface area contributed by atoms with Gasteiger partial charge in [-0.1, -0.05) is 75.9 Å². The second-order valence-electron chi connectivity index (χ2n) is 20.4. The molecule has 77 heavy (non-hydrogen) atoms. The molecule has 0 saturated carbocycles. The number of aromatic nitrogens is 2. The van der Waals surface area contributed by atoms with Crippen LogP contribution in [0.2, 0.25) is 0 Å². The molecule has 2 fully saturated rings. The van der Waals surface area contributed by atoms with Crippen molar-refractivity contribution in [1.82, 2.24) is 29.6 Å². The molecule has 4 heterocycles. The van der Waals surface area contributed by atoms with Crippen molar-refractivity contribution < 1.29 is 42.9 Å². The number of piperidine rings is 1. The molecule has 8 rings (SSSR count). The number of hydrogen-bond donors (Lipinski definition) is 3. The molecule has 18 heteroatoms. The number of imide groups is 1. The molecule has 0 radical (unpaired) electrons. The van der Waals surface area contributed by atoms with Crippen molar-refractivity contribution in [1.29, 1.82) is 0 Å². The van der Waals surface area contributed by atoms with Crippen LogP contribution in [0.4, 0.5) is 11.4 Å². The minimum atomic E-state index is -0.776. The third kappa shape index (κ3) is 14.0. The monoisotopic (exact) mass is 1050 g/mol. The van der Waals surface area contributed by atoms with Crippen LogP contribution in [0.1, 0.15) is 92.6 Å². The topological polar surface area (TPSA) is 203 Å². The van der Waals surface area contributed by atoms with Gasteiger partial charge in [-0.25, -0.2) is 4.98 Å². The standard InChI is InChI=1S/C59H70N8O10/c1-39-45(9-7-11-47(39)62-54(69)42-17-19-44(20-18-42)59(3,4)5)50-38-64(6)57(72)49(61-50)37-41-13-15-43(16-14-41)56(71)66-26-24-65(25-27-66)28-30-75-32-34-77-36-35-76-33-31-74-29-23-60-48-12-8-10-46-40(2)67(58(73)53(46)48)51-21-22-52(68)63-55(51)70/h7-20,38,51,60H,2,21-37H2,1,3-6H3,(H,62,69)(H,63,68,70). The predicted molar refractivity (Wildman–Crippen MR) is 294 cm³/mol. The number of carbonyl (C=O) groups is 5. The lowest BCUT2D eigenvalue weighted by Gasteiger charge is -2.34. The summed E-state index contributed by atoms with van der Waals surface area (Å²) in [6.07, 6.45) is 2.42. The number of benzene rings is 4. The Morgan fingerprint density at radius 1 is 0.753 bits per heavy atom. The molecule has 406 valence electrons. The zero-order valence-electron chi connectivity index (χ0n) is 44.8. The number of rotatable bonds is 23.